The number of aromatic nitrogens is 1. The van der Waals surface area contributed by atoms with Gasteiger partial charge in [-0.05, 0) is 109 Å². The summed E-state index contributed by atoms with van der Waals surface area (Å²) in [5, 5.41) is 4.64. The van der Waals surface area contributed by atoms with E-state index in [1.807, 2.05) is 11.3 Å². The Morgan fingerprint density at radius 1 is 1.00 bits per heavy atom. The topological polar surface area (TPSA) is 24.9 Å². The molecule has 200 valence electrons. The van der Waals surface area contributed by atoms with E-state index in [1.165, 1.54) is 68.4 Å². The number of hydrogen-bond acceptors (Lipinski definition) is 3. The van der Waals surface area contributed by atoms with E-state index in [0.717, 1.165) is 52.7 Å². The Hall–Kier alpha value is -1.61. The van der Waals surface area contributed by atoms with Gasteiger partial charge in [-0.3, -0.25) is 0 Å². The first-order chi connectivity index (χ1) is 17.8. The van der Waals surface area contributed by atoms with Gasteiger partial charge < -0.3 is 5.32 Å². The van der Waals surface area contributed by atoms with E-state index in [1.54, 1.807) is 5.57 Å². The second kappa shape index (κ2) is 9.85. The minimum atomic E-state index is 0.328. The van der Waals surface area contributed by atoms with Crippen molar-refractivity contribution in [1.29, 1.82) is 0 Å². The van der Waals surface area contributed by atoms with Crippen molar-refractivity contribution in [3.8, 4) is 0 Å². The molecular formula is C34H48N2S. The number of nitrogens with one attached hydrogen (secondary N) is 1. The highest BCUT2D eigenvalue weighted by Crippen LogP contribution is 2.68. The zero-order chi connectivity index (χ0) is 25.8. The van der Waals surface area contributed by atoms with Gasteiger partial charge in [0.1, 0.15) is 0 Å². The van der Waals surface area contributed by atoms with Gasteiger partial charge in [-0.25, -0.2) is 4.98 Å². The monoisotopic (exact) mass is 516 g/mol. The van der Waals surface area contributed by atoms with Crippen molar-refractivity contribution >= 4 is 27.7 Å². The van der Waals surface area contributed by atoms with Crippen LogP contribution in [-0.2, 0) is 6.42 Å². The van der Waals surface area contributed by atoms with Gasteiger partial charge in [0.2, 0.25) is 0 Å². The lowest BCUT2D eigenvalue weighted by Crippen LogP contribution is -2.49. The van der Waals surface area contributed by atoms with Crippen LogP contribution in [-0.4, -0.2) is 4.98 Å². The molecule has 37 heavy (non-hydrogen) atoms. The fourth-order valence-electron chi connectivity index (χ4n) is 9.60. The first-order valence-corrected chi connectivity index (χ1v) is 16.1. The van der Waals surface area contributed by atoms with Crippen molar-refractivity contribution in [1.82, 2.24) is 4.98 Å². The van der Waals surface area contributed by atoms with Crippen LogP contribution in [0.2, 0.25) is 0 Å². The fraction of sp³-hybridized carbons (Fsp3) is 0.676. The lowest BCUT2D eigenvalue weighted by Gasteiger charge is -2.57. The molecule has 0 amide bonds. The third kappa shape index (κ3) is 4.42. The van der Waals surface area contributed by atoms with E-state index in [0.29, 0.717) is 10.8 Å². The number of hydrogen-bond donors (Lipinski definition) is 1. The van der Waals surface area contributed by atoms with Gasteiger partial charge in [0, 0.05) is 5.69 Å². The molecule has 1 heterocycles. The Morgan fingerprint density at radius 2 is 1.81 bits per heavy atom. The predicted octanol–water partition coefficient (Wildman–Crippen LogP) is 10.1. The van der Waals surface area contributed by atoms with Gasteiger partial charge >= 0.3 is 0 Å². The highest BCUT2D eigenvalue weighted by Gasteiger charge is 2.59. The third-order valence-electron chi connectivity index (χ3n) is 11.5. The van der Waals surface area contributed by atoms with Crippen LogP contribution in [0.25, 0.3) is 5.57 Å². The molecule has 1 N–H and O–H groups in total. The van der Waals surface area contributed by atoms with Gasteiger partial charge in [-0.15, -0.1) is 0 Å². The molecule has 7 atom stereocenters. The van der Waals surface area contributed by atoms with Crippen molar-refractivity contribution in [2.24, 2.45) is 46.3 Å². The van der Waals surface area contributed by atoms with Crippen molar-refractivity contribution in [2.75, 3.05) is 5.32 Å². The Bertz CT molecular complexity index is 1130. The Balaban J connectivity index is 1.22. The second-order valence-corrected chi connectivity index (χ2v) is 15.0. The van der Waals surface area contributed by atoms with E-state index in [4.69, 9.17) is 4.98 Å². The zero-order valence-corrected chi connectivity index (χ0v) is 24.7. The summed E-state index contributed by atoms with van der Waals surface area (Å²) in [5.41, 5.74) is 5.01. The van der Waals surface area contributed by atoms with E-state index in [-0.39, 0.29) is 0 Å². The number of benzene rings is 1. The molecule has 2 fully saturated rings. The number of fused-ring (bicyclic) bond motifs is 7. The zero-order valence-electron chi connectivity index (χ0n) is 23.9. The quantitative estimate of drug-likeness (QED) is 0.396. The molecule has 4 aliphatic carbocycles. The molecule has 2 saturated carbocycles. The van der Waals surface area contributed by atoms with Gasteiger partial charge in [0.05, 0.1) is 10.6 Å². The summed E-state index contributed by atoms with van der Waals surface area (Å²) in [6, 6.07) is 10.5. The molecule has 0 aliphatic heterocycles. The number of allylic oxidation sites excluding steroid dienone is 2. The van der Waals surface area contributed by atoms with Crippen LogP contribution in [0.1, 0.15) is 103 Å². The summed E-state index contributed by atoms with van der Waals surface area (Å²) in [6.45, 7) is 12.7. The summed E-state index contributed by atoms with van der Waals surface area (Å²) >= 11 is 1.90. The first-order valence-electron chi connectivity index (χ1n) is 15.3. The van der Waals surface area contributed by atoms with Crippen molar-refractivity contribution < 1.29 is 0 Å². The number of para-hydroxylation sites is 1. The number of aryl methyl sites for hydroxylation is 1. The summed E-state index contributed by atoms with van der Waals surface area (Å²) in [6.07, 6.45) is 16.5. The van der Waals surface area contributed by atoms with Crippen molar-refractivity contribution in [2.45, 2.75) is 98.8 Å². The summed E-state index contributed by atoms with van der Waals surface area (Å²) < 4.78 is 0. The molecule has 1 aromatic heterocycles. The van der Waals surface area contributed by atoms with Gasteiger partial charge in [0.15, 0.2) is 5.13 Å². The van der Waals surface area contributed by atoms with Gasteiger partial charge in [-0.1, -0.05) is 89.5 Å². The molecule has 4 aliphatic rings. The molecule has 0 saturated heterocycles. The van der Waals surface area contributed by atoms with Crippen LogP contribution < -0.4 is 5.32 Å². The van der Waals surface area contributed by atoms with Gasteiger partial charge in [0.25, 0.3) is 0 Å². The standard InChI is InChI=1S/C34H48N2S/c1-22(2)10-9-11-23(3)26-16-17-27-25-14-15-29-31-30(36-32(37-31)35-24-12-7-6-8-13-24)19-21-34(29,5)28(25)18-20-33(26,27)4/h6-8,12-13,15,22-23,25-28H,9-11,14,16-21H2,1-5H3,(H,35,36)/t23-,25+,26-,27+,28+,33-,34-/m1/s1. The number of nitrogens with zero attached hydrogens (tertiary/aromatic N) is 1. The lowest BCUT2D eigenvalue weighted by molar-refractivity contribution is -0.0392. The fourth-order valence-corrected chi connectivity index (χ4v) is 10.8. The van der Waals surface area contributed by atoms with E-state index in [2.05, 4.69) is 76.3 Å². The van der Waals surface area contributed by atoms with Gasteiger partial charge in [-0.2, -0.15) is 0 Å². The third-order valence-corrected chi connectivity index (χ3v) is 12.6. The minimum Gasteiger partial charge on any atom is -0.332 e. The summed E-state index contributed by atoms with van der Waals surface area (Å²) in [5.74, 6) is 5.34. The Labute approximate surface area is 229 Å². The van der Waals surface area contributed by atoms with E-state index >= 15 is 0 Å². The maximum atomic E-state index is 5.07. The minimum absolute atomic E-state index is 0.328. The normalized spacial score (nSPS) is 35.2. The van der Waals surface area contributed by atoms with Crippen LogP contribution in [0.4, 0.5) is 10.8 Å². The molecule has 2 aromatic rings. The van der Waals surface area contributed by atoms with E-state index in [9.17, 15) is 0 Å². The van der Waals surface area contributed by atoms with Crippen LogP contribution in [0.5, 0.6) is 0 Å². The van der Waals surface area contributed by atoms with Crippen LogP contribution >= 0.6 is 11.3 Å². The average molecular weight is 517 g/mol. The molecule has 6 rings (SSSR count). The highest BCUT2D eigenvalue weighted by molar-refractivity contribution is 7.16. The molecule has 1 aromatic carbocycles. The Kier molecular flexibility index (Phi) is 6.83. The number of rotatable bonds is 7. The molecule has 3 heteroatoms. The first kappa shape index (κ1) is 25.7. The molecule has 0 radical (unpaired) electrons. The molecular weight excluding hydrogens is 468 g/mol. The van der Waals surface area contributed by atoms with Crippen molar-refractivity contribution in [3.05, 3.63) is 47.0 Å². The molecule has 2 nitrogen and oxygen atoms in total. The van der Waals surface area contributed by atoms with Crippen LogP contribution in [0, 0.1) is 46.3 Å². The second-order valence-electron chi connectivity index (χ2n) is 14.0. The smallest absolute Gasteiger partial charge is 0.187 e. The van der Waals surface area contributed by atoms with Crippen LogP contribution in [0.3, 0.4) is 0 Å². The molecule has 0 bridgehead atoms. The Morgan fingerprint density at radius 3 is 2.59 bits per heavy atom. The average Bonchev–Trinajstić information content (AvgIpc) is 3.44. The SMILES string of the molecule is CC(C)CCC[C@@H](C)[C@H]1CC[C@H]2[C@@H]3CC=C4c5sc(Nc6ccccc6)nc5CC[C@]4(C)[C@H]3CC[C@]12C. The molecule has 0 spiro atoms. The molecule has 0 unspecified atom stereocenters. The van der Waals surface area contributed by atoms with Crippen molar-refractivity contribution in [3.63, 3.8) is 0 Å². The maximum absolute atomic E-state index is 5.07. The summed E-state index contributed by atoms with van der Waals surface area (Å²) in [4.78, 5) is 6.56. The van der Waals surface area contributed by atoms with E-state index < -0.39 is 0 Å². The number of thiazole rings is 1. The lowest BCUT2D eigenvalue weighted by atomic mass is 9.47. The van der Waals surface area contributed by atoms with Crippen LogP contribution in [0.15, 0.2) is 36.4 Å². The highest BCUT2D eigenvalue weighted by atomic mass is 32.1. The largest absolute Gasteiger partial charge is 0.332 e. The maximum Gasteiger partial charge on any atom is 0.187 e. The summed E-state index contributed by atoms with van der Waals surface area (Å²) in [7, 11) is 0. The number of anilines is 2. The predicted molar refractivity (Wildman–Crippen MR) is 159 cm³/mol.